The van der Waals surface area contributed by atoms with Crippen LogP contribution in [0.3, 0.4) is 0 Å². The summed E-state index contributed by atoms with van der Waals surface area (Å²) in [5.41, 5.74) is 4.70. The van der Waals surface area contributed by atoms with Crippen LogP contribution in [0.15, 0.2) is 46.9 Å². The van der Waals surface area contributed by atoms with Gasteiger partial charge in [-0.3, -0.25) is 5.43 Å². The largest absolute Gasteiger partial charge is 0.507 e. The van der Waals surface area contributed by atoms with E-state index in [0.29, 0.717) is 5.56 Å². The van der Waals surface area contributed by atoms with Crippen LogP contribution >= 0.6 is 11.3 Å². The average Bonchev–Trinajstić information content (AvgIpc) is 2.98. The number of phenols is 1. The summed E-state index contributed by atoms with van der Waals surface area (Å²) in [7, 11) is 0. The van der Waals surface area contributed by atoms with E-state index in [2.05, 4.69) is 36.3 Å². The van der Waals surface area contributed by atoms with Gasteiger partial charge >= 0.3 is 0 Å². The minimum absolute atomic E-state index is 0.0219. The third-order valence-corrected chi connectivity index (χ3v) is 4.32. The Balaban J connectivity index is 1.84. The molecule has 0 radical (unpaired) electrons. The van der Waals surface area contributed by atoms with E-state index < -0.39 is 0 Å². The fraction of sp³-hybridized carbons (Fsp3) is 0.222. The molecule has 0 aliphatic rings. The van der Waals surface area contributed by atoms with Crippen LogP contribution in [0.5, 0.6) is 5.75 Å². The lowest BCUT2D eigenvalue weighted by atomic mass is 9.93. The molecule has 3 aromatic rings. The topological polar surface area (TPSA) is 57.5 Å². The third-order valence-electron chi connectivity index (χ3n) is 3.57. The number of rotatable bonds is 3. The van der Waals surface area contributed by atoms with Crippen molar-refractivity contribution in [1.82, 2.24) is 4.98 Å². The van der Waals surface area contributed by atoms with Gasteiger partial charge in [-0.05, 0) is 16.8 Å². The zero-order valence-corrected chi connectivity index (χ0v) is 14.2. The first-order chi connectivity index (χ1) is 10.9. The molecule has 1 aromatic heterocycles. The molecule has 0 unspecified atom stereocenters. The summed E-state index contributed by atoms with van der Waals surface area (Å²) in [6.07, 6.45) is 1.63. The predicted octanol–water partition coefficient (Wildman–Crippen LogP) is 4.75. The molecule has 3 rings (SSSR count). The molecular weight excluding hydrogens is 306 g/mol. The van der Waals surface area contributed by atoms with Crippen molar-refractivity contribution in [3.8, 4) is 5.75 Å². The van der Waals surface area contributed by atoms with Gasteiger partial charge < -0.3 is 5.11 Å². The zero-order chi connectivity index (χ0) is 16.4. The van der Waals surface area contributed by atoms with Gasteiger partial charge in [0.2, 0.25) is 5.13 Å². The fourth-order valence-corrected chi connectivity index (χ4v) is 3.13. The van der Waals surface area contributed by atoms with E-state index in [1.807, 2.05) is 35.7 Å². The van der Waals surface area contributed by atoms with Gasteiger partial charge in [0, 0.05) is 16.4 Å². The minimum atomic E-state index is 0.0219. The Morgan fingerprint density at radius 2 is 1.96 bits per heavy atom. The smallest absolute Gasteiger partial charge is 0.203 e. The molecule has 0 saturated carbocycles. The van der Waals surface area contributed by atoms with Crippen molar-refractivity contribution < 1.29 is 5.11 Å². The second kappa shape index (κ2) is 6.01. The van der Waals surface area contributed by atoms with Gasteiger partial charge in [-0.25, -0.2) is 4.98 Å². The number of benzene rings is 2. The van der Waals surface area contributed by atoms with E-state index in [1.54, 1.807) is 12.3 Å². The number of hydrazone groups is 1. The van der Waals surface area contributed by atoms with Crippen molar-refractivity contribution in [3.63, 3.8) is 0 Å². The number of phenolic OH excluding ortho intramolecular Hbond substituents is 1. The van der Waals surface area contributed by atoms with Crippen molar-refractivity contribution in [2.75, 3.05) is 5.43 Å². The Hall–Kier alpha value is -2.40. The number of aromatic hydroxyl groups is 1. The third kappa shape index (κ3) is 3.35. The van der Waals surface area contributed by atoms with E-state index in [9.17, 15) is 5.11 Å². The van der Waals surface area contributed by atoms with Crippen molar-refractivity contribution >= 4 is 33.5 Å². The highest BCUT2D eigenvalue weighted by atomic mass is 32.1. The van der Waals surface area contributed by atoms with Crippen LogP contribution in [0, 0.1) is 0 Å². The first kappa shape index (κ1) is 15.5. The number of nitrogens with one attached hydrogen (secondary N) is 1. The average molecular weight is 325 g/mol. The quantitative estimate of drug-likeness (QED) is 0.540. The minimum Gasteiger partial charge on any atom is -0.507 e. The molecule has 0 atom stereocenters. The van der Waals surface area contributed by atoms with Gasteiger partial charge in [0.1, 0.15) is 5.75 Å². The number of hydrogen-bond donors (Lipinski definition) is 2. The molecule has 2 N–H and O–H groups in total. The standard InChI is InChI=1S/C18H19N3OS/c1-18(2,3)16-11-23-17(20-16)21-19-10-14-13-7-5-4-6-12(13)8-9-15(14)22/h4-11,22H,1-3H3,(H,20,21)/b19-10+. The molecule has 23 heavy (non-hydrogen) atoms. The molecule has 5 heteroatoms. The number of thiazole rings is 1. The van der Waals surface area contributed by atoms with E-state index in [1.165, 1.54) is 11.3 Å². The summed E-state index contributed by atoms with van der Waals surface area (Å²) in [4.78, 5) is 4.53. The molecular formula is C18H19N3OS. The second-order valence-corrected chi connectivity index (χ2v) is 7.24. The number of anilines is 1. The first-order valence-electron chi connectivity index (χ1n) is 7.41. The molecule has 0 spiro atoms. The first-order valence-corrected chi connectivity index (χ1v) is 8.29. The van der Waals surface area contributed by atoms with Crippen molar-refractivity contribution in [3.05, 3.63) is 53.0 Å². The summed E-state index contributed by atoms with van der Waals surface area (Å²) in [6.45, 7) is 6.38. The molecule has 0 aliphatic carbocycles. The second-order valence-electron chi connectivity index (χ2n) is 6.38. The van der Waals surface area contributed by atoms with Crippen LogP contribution in [0.4, 0.5) is 5.13 Å². The highest BCUT2D eigenvalue weighted by Crippen LogP contribution is 2.27. The Morgan fingerprint density at radius 1 is 1.17 bits per heavy atom. The van der Waals surface area contributed by atoms with Crippen molar-refractivity contribution in [1.29, 1.82) is 0 Å². The zero-order valence-electron chi connectivity index (χ0n) is 13.4. The Kier molecular flexibility index (Phi) is 4.05. The maximum Gasteiger partial charge on any atom is 0.203 e. The maximum absolute atomic E-state index is 10.1. The van der Waals surface area contributed by atoms with Gasteiger partial charge in [0.15, 0.2) is 0 Å². The van der Waals surface area contributed by atoms with Crippen LogP contribution in [0.25, 0.3) is 10.8 Å². The van der Waals surface area contributed by atoms with E-state index in [-0.39, 0.29) is 11.2 Å². The number of aromatic nitrogens is 1. The SMILES string of the molecule is CC(C)(C)c1csc(N/N=C/c2c(O)ccc3ccccc23)n1. The molecule has 0 fully saturated rings. The normalized spacial score (nSPS) is 12.1. The summed E-state index contributed by atoms with van der Waals surface area (Å²) in [5, 5.41) is 19.1. The van der Waals surface area contributed by atoms with E-state index in [4.69, 9.17) is 0 Å². The fourth-order valence-electron chi connectivity index (χ4n) is 2.24. The molecule has 0 bridgehead atoms. The summed E-state index contributed by atoms with van der Waals surface area (Å²) >= 11 is 1.52. The van der Waals surface area contributed by atoms with Crippen LogP contribution in [-0.4, -0.2) is 16.3 Å². The number of nitrogens with zero attached hydrogens (tertiary/aromatic N) is 2. The molecule has 1 heterocycles. The predicted molar refractivity (Wildman–Crippen MR) is 97.6 cm³/mol. The Bertz CT molecular complexity index is 862. The van der Waals surface area contributed by atoms with Crippen molar-refractivity contribution in [2.45, 2.75) is 26.2 Å². The molecule has 0 saturated heterocycles. The van der Waals surface area contributed by atoms with Gasteiger partial charge in [0.25, 0.3) is 0 Å². The summed E-state index contributed by atoms with van der Waals surface area (Å²) in [6, 6.07) is 11.5. The maximum atomic E-state index is 10.1. The van der Waals surface area contributed by atoms with Gasteiger partial charge in [-0.2, -0.15) is 5.10 Å². The summed E-state index contributed by atoms with van der Waals surface area (Å²) < 4.78 is 0. The molecule has 4 nitrogen and oxygen atoms in total. The van der Waals surface area contributed by atoms with Crippen LogP contribution in [-0.2, 0) is 5.41 Å². The molecule has 2 aromatic carbocycles. The van der Waals surface area contributed by atoms with E-state index >= 15 is 0 Å². The van der Waals surface area contributed by atoms with Crippen molar-refractivity contribution in [2.24, 2.45) is 5.10 Å². The molecule has 0 aliphatic heterocycles. The summed E-state index contributed by atoms with van der Waals surface area (Å²) in [5.74, 6) is 0.212. The monoisotopic (exact) mass is 325 g/mol. The van der Waals surface area contributed by atoms with Gasteiger partial charge in [-0.1, -0.05) is 51.1 Å². The Morgan fingerprint density at radius 3 is 2.70 bits per heavy atom. The molecule has 0 amide bonds. The molecule has 118 valence electrons. The highest BCUT2D eigenvalue weighted by molar-refractivity contribution is 7.13. The van der Waals surface area contributed by atoms with Gasteiger partial charge in [0.05, 0.1) is 11.9 Å². The van der Waals surface area contributed by atoms with Crippen LogP contribution < -0.4 is 5.43 Å². The number of fused-ring (bicyclic) bond motifs is 1. The van der Waals surface area contributed by atoms with Crippen LogP contribution in [0.1, 0.15) is 32.0 Å². The van der Waals surface area contributed by atoms with Gasteiger partial charge in [-0.15, -0.1) is 11.3 Å². The Labute approximate surface area is 139 Å². The highest BCUT2D eigenvalue weighted by Gasteiger charge is 2.17. The lowest BCUT2D eigenvalue weighted by Crippen LogP contribution is -2.11. The van der Waals surface area contributed by atoms with E-state index in [0.717, 1.165) is 21.6 Å². The lowest BCUT2D eigenvalue weighted by Gasteiger charge is -2.13. The van der Waals surface area contributed by atoms with Crippen LogP contribution in [0.2, 0.25) is 0 Å². The lowest BCUT2D eigenvalue weighted by molar-refractivity contribution is 0.475. The number of hydrogen-bond acceptors (Lipinski definition) is 5.